The largest absolute Gasteiger partial charge is 0.330 e. The lowest BCUT2D eigenvalue weighted by Crippen LogP contribution is -2.11. The van der Waals surface area contributed by atoms with Gasteiger partial charge in [-0.05, 0) is 43.0 Å². The molecular formula is C15H21F2NO. The molecule has 0 aliphatic rings. The number of rotatable bonds is 8. The van der Waals surface area contributed by atoms with Gasteiger partial charge in [0.25, 0.3) is 0 Å². The van der Waals surface area contributed by atoms with Crippen molar-refractivity contribution in [3.8, 4) is 0 Å². The van der Waals surface area contributed by atoms with Crippen LogP contribution in [-0.4, -0.2) is 12.3 Å². The van der Waals surface area contributed by atoms with E-state index >= 15 is 0 Å². The van der Waals surface area contributed by atoms with Crippen molar-refractivity contribution in [3.05, 3.63) is 35.4 Å². The SMILES string of the molecule is CCC(CCN)CCC(=O)Cc1ccc(F)c(F)c1. The molecule has 0 radical (unpaired) electrons. The van der Waals surface area contributed by atoms with E-state index < -0.39 is 11.6 Å². The highest BCUT2D eigenvalue weighted by molar-refractivity contribution is 5.80. The second kappa shape index (κ2) is 8.00. The zero-order valence-electron chi connectivity index (χ0n) is 11.3. The lowest BCUT2D eigenvalue weighted by atomic mass is 9.94. The fraction of sp³-hybridized carbons (Fsp3) is 0.533. The standard InChI is InChI=1S/C15H21F2NO/c1-2-11(7-8-18)3-5-13(19)9-12-4-6-14(16)15(17)10-12/h4,6,10-11H,2-3,5,7-9,18H2,1H3. The van der Waals surface area contributed by atoms with E-state index in [1.54, 1.807) is 0 Å². The molecule has 2 nitrogen and oxygen atoms in total. The lowest BCUT2D eigenvalue weighted by Gasteiger charge is -2.12. The molecule has 1 aromatic carbocycles. The molecule has 2 N–H and O–H groups in total. The molecule has 1 unspecified atom stereocenters. The fourth-order valence-corrected chi connectivity index (χ4v) is 2.12. The van der Waals surface area contributed by atoms with Crippen LogP contribution in [0, 0.1) is 17.6 Å². The van der Waals surface area contributed by atoms with Crippen LogP contribution >= 0.6 is 0 Å². The van der Waals surface area contributed by atoms with Gasteiger partial charge in [0.05, 0.1) is 0 Å². The first kappa shape index (κ1) is 15.8. The molecule has 106 valence electrons. The Morgan fingerprint density at radius 1 is 1.26 bits per heavy atom. The number of benzene rings is 1. The van der Waals surface area contributed by atoms with Crippen LogP contribution in [-0.2, 0) is 11.2 Å². The number of nitrogens with two attached hydrogens (primary N) is 1. The van der Waals surface area contributed by atoms with Gasteiger partial charge in [0.1, 0.15) is 5.78 Å². The van der Waals surface area contributed by atoms with Crippen molar-refractivity contribution in [1.82, 2.24) is 0 Å². The van der Waals surface area contributed by atoms with E-state index in [0.29, 0.717) is 24.4 Å². The second-order valence-corrected chi connectivity index (χ2v) is 4.85. The molecule has 0 amide bonds. The van der Waals surface area contributed by atoms with E-state index in [1.807, 2.05) is 0 Å². The number of halogens is 2. The van der Waals surface area contributed by atoms with Gasteiger partial charge in [-0.3, -0.25) is 4.79 Å². The van der Waals surface area contributed by atoms with Crippen LogP contribution in [0.5, 0.6) is 0 Å². The normalized spacial score (nSPS) is 12.4. The Bertz CT molecular complexity index is 421. The zero-order chi connectivity index (χ0) is 14.3. The van der Waals surface area contributed by atoms with Crippen molar-refractivity contribution in [3.63, 3.8) is 0 Å². The predicted molar refractivity (Wildman–Crippen MR) is 71.8 cm³/mol. The molecule has 0 aromatic heterocycles. The Labute approximate surface area is 113 Å². The van der Waals surface area contributed by atoms with Crippen LogP contribution in [0.1, 0.15) is 38.2 Å². The number of Topliss-reactive ketones (excluding diaryl/α,β-unsaturated/α-hetero) is 1. The maximum absolute atomic E-state index is 13.0. The lowest BCUT2D eigenvalue weighted by molar-refractivity contribution is -0.118. The molecule has 19 heavy (non-hydrogen) atoms. The molecule has 1 atom stereocenters. The zero-order valence-corrected chi connectivity index (χ0v) is 11.3. The topological polar surface area (TPSA) is 43.1 Å². The van der Waals surface area contributed by atoms with Crippen molar-refractivity contribution < 1.29 is 13.6 Å². The Morgan fingerprint density at radius 2 is 2.00 bits per heavy atom. The predicted octanol–water partition coefficient (Wildman–Crippen LogP) is 3.23. The molecule has 0 spiro atoms. The molecule has 0 aliphatic carbocycles. The average Bonchev–Trinajstić information content (AvgIpc) is 2.39. The van der Waals surface area contributed by atoms with Crippen molar-refractivity contribution in [2.45, 2.75) is 39.0 Å². The van der Waals surface area contributed by atoms with Gasteiger partial charge in [0, 0.05) is 12.8 Å². The van der Waals surface area contributed by atoms with Gasteiger partial charge >= 0.3 is 0 Å². The van der Waals surface area contributed by atoms with Crippen molar-refractivity contribution in [1.29, 1.82) is 0 Å². The highest BCUT2D eigenvalue weighted by Gasteiger charge is 2.11. The highest BCUT2D eigenvalue weighted by Crippen LogP contribution is 2.16. The molecule has 1 aromatic rings. The van der Waals surface area contributed by atoms with Gasteiger partial charge < -0.3 is 5.73 Å². The Morgan fingerprint density at radius 3 is 2.58 bits per heavy atom. The van der Waals surface area contributed by atoms with E-state index in [4.69, 9.17) is 5.73 Å². The van der Waals surface area contributed by atoms with E-state index in [0.717, 1.165) is 31.4 Å². The van der Waals surface area contributed by atoms with Gasteiger partial charge in [0.2, 0.25) is 0 Å². The van der Waals surface area contributed by atoms with E-state index in [-0.39, 0.29) is 12.2 Å². The number of hydrogen-bond acceptors (Lipinski definition) is 2. The van der Waals surface area contributed by atoms with Crippen LogP contribution in [0.4, 0.5) is 8.78 Å². The first-order valence-corrected chi connectivity index (χ1v) is 6.72. The minimum atomic E-state index is -0.903. The third kappa shape index (κ3) is 5.47. The summed E-state index contributed by atoms with van der Waals surface area (Å²) in [6.07, 6.45) is 3.38. The van der Waals surface area contributed by atoms with Crippen LogP contribution < -0.4 is 5.73 Å². The molecular weight excluding hydrogens is 248 g/mol. The summed E-state index contributed by atoms with van der Waals surface area (Å²) < 4.78 is 25.7. The second-order valence-electron chi connectivity index (χ2n) is 4.85. The van der Waals surface area contributed by atoms with E-state index in [2.05, 4.69) is 6.92 Å². The van der Waals surface area contributed by atoms with Crippen LogP contribution in [0.15, 0.2) is 18.2 Å². The smallest absolute Gasteiger partial charge is 0.159 e. The third-order valence-corrected chi connectivity index (χ3v) is 3.37. The monoisotopic (exact) mass is 269 g/mol. The van der Waals surface area contributed by atoms with Crippen LogP contribution in [0.2, 0.25) is 0 Å². The molecule has 1 rings (SSSR count). The molecule has 0 aliphatic heterocycles. The summed E-state index contributed by atoms with van der Waals surface area (Å²) in [5, 5.41) is 0. The summed E-state index contributed by atoms with van der Waals surface area (Å²) in [7, 11) is 0. The Hall–Kier alpha value is -1.29. The molecule has 0 heterocycles. The first-order valence-electron chi connectivity index (χ1n) is 6.72. The molecule has 0 bridgehead atoms. The van der Waals surface area contributed by atoms with Crippen molar-refractivity contribution in [2.24, 2.45) is 11.7 Å². The van der Waals surface area contributed by atoms with Gasteiger partial charge in [0.15, 0.2) is 11.6 Å². The van der Waals surface area contributed by atoms with Crippen LogP contribution in [0.3, 0.4) is 0 Å². The summed E-state index contributed by atoms with van der Waals surface area (Å²) >= 11 is 0. The molecule has 4 heteroatoms. The highest BCUT2D eigenvalue weighted by atomic mass is 19.2. The maximum atomic E-state index is 13.0. The fourth-order valence-electron chi connectivity index (χ4n) is 2.12. The number of carbonyl (C=O) groups excluding carboxylic acids is 1. The third-order valence-electron chi connectivity index (χ3n) is 3.37. The summed E-state index contributed by atoms with van der Waals surface area (Å²) in [5.74, 6) is -1.26. The average molecular weight is 269 g/mol. The van der Waals surface area contributed by atoms with Gasteiger partial charge in [-0.2, -0.15) is 0 Å². The number of hydrogen-bond donors (Lipinski definition) is 1. The Kier molecular flexibility index (Phi) is 6.64. The Balaban J connectivity index is 2.44. The number of ketones is 1. The minimum Gasteiger partial charge on any atom is -0.330 e. The maximum Gasteiger partial charge on any atom is 0.159 e. The van der Waals surface area contributed by atoms with Crippen molar-refractivity contribution >= 4 is 5.78 Å². The van der Waals surface area contributed by atoms with Crippen molar-refractivity contribution in [2.75, 3.05) is 6.54 Å². The van der Waals surface area contributed by atoms with Gasteiger partial charge in [-0.15, -0.1) is 0 Å². The van der Waals surface area contributed by atoms with E-state index in [1.165, 1.54) is 6.07 Å². The van der Waals surface area contributed by atoms with Crippen LogP contribution in [0.25, 0.3) is 0 Å². The number of carbonyl (C=O) groups is 1. The summed E-state index contributed by atoms with van der Waals surface area (Å²) in [6.45, 7) is 2.72. The minimum absolute atomic E-state index is 0.0569. The summed E-state index contributed by atoms with van der Waals surface area (Å²) in [4.78, 5) is 11.8. The molecule has 0 saturated carbocycles. The molecule has 0 saturated heterocycles. The quantitative estimate of drug-likeness (QED) is 0.787. The summed E-state index contributed by atoms with van der Waals surface area (Å²) in [6, 6.07) is 3.60. The first-order chi connectivity index (χ1) is 9.06. The summed E-state index contributed by atoms with van der Waals surface area (Å²) in [5.41, 5.74) is 6.03. The molecule has 0 fully saturated rings. The van der Waals surface area contributed by atoms with Gasteiger partial charge in [-0.1, -0.05) is 19.4 Å². The van der Waals surface area contributed by atoms with E-state index in [9.17, 15) is 13.6 Å². The van der Waals surface area contributed by atoms with Gasteiger partial charge in [-0.25, -0.2) is 8.78 Å².